The molecular formula is C15H18N4O. The molecule has 0 amide bonds. The third-order valence-corrected chi connectivity index (χ3v) is 3.62. The van der Waals surface area contributed by atoms with E-state index in [1.807, 2.05) is 35.2 Å². The lowest BCUT2D eigenvalue weighted by Gasteiger charge is -2.17. The fraction of sp³-hybridized carbons (Fsp3) is 0.333. The first-order valence-corrected chi connectivity index (χ1v) is 6.84. The molecule has 0 aliphatic carbocycles. The van der Waals surface area contributed by atoms with Crippen LogP contribution in [0.5, 0.6) is 0 Å². The van der Waals surface area contributed by atoms with Gasteiger partial charge in [0.2, 0.25) is 0 Å². The van der Waals surface area contributed by atoms with Crippen molar-refractivity contribution in [2.75, 3.05) is 18.0 Å². The zero-order chi connectivity index (χ0) is 13.9. The number of rotatable bonds is 3. The molecule has 2 heterocycles. The van der Waals surface area contributed by atoms with Crippen LogP contribution in [0.4, 0.5) is 5.82 Å². The summed E-state index contributed by atoms with van der Waals surface area (Å²) >= 11 is 0. The molecule has 0 spiro atoms. The number of nitrogens with zero attached hydrogens (tertiary/aromatic N) is 3. The molecular weight excluding hydrogens is 252 g/mol. The molecule has 0 saturated carbocycles. The van der Waals surface area contributed by atoms with E-state index in [1.54, 1.807) is 17.0 Å². The number of hydrogen-bond acceptors (Lipinski definition) is 4. The van der Waals surface area contributed by atoms with Crippen molar-refractivity contribution in [3.05, 3.63) is 58.6 Å². The summed E-state index contributed by atoms with van der Waals surface area (Å²) in [7, 11) is 0. The maximum atomic E-state index is 12.5. The van der Waals surface area contributed by atoms with Gasteiger partial charge in [-0.15, -0.1) is 0 Å². The van der Waals surface area contributed by atoms with Crippen molar-refractivity contribution >= 4 is 5.82 Å². The van der Waals surface area contributed by atoms with Crippen LogP contribution in [0.3, 0.4) is 0 Å². The SMILES string of the molecule is NC1CCN(c2nccn(Cc3ccccc3)c2=O)C1. The number of aromatic nitrogens is 2. The molecule has 1 aliphatic rings. The van der Waals surface area contributed by atoms with Gasteiger partial charge in [0.25, 0.3) is 5.56 Å². The Morgan fingerprint density at radius 2 is 2.10 bits per heavy atom. The van der Waals surface area contributed by atoms with Crippen LogP contribution in [-0.2, 0) is 6.54 Å². The molecule has 2 N–H and O–H groups in total. The number of anilines is 1. The van der Waals surface area contributed by atoms with Crippen LogP contribution in [-0.4, -0.2) is 28.7 Å². The molecule has 3 rings (SSSR count). The highest BCUT2D eigenvalue weighted by atomic mass is 16.1. The summed E-state index contributed by atoms with van der Waals surface area (Å²) in [6.07, 6.45) is 4.33. The molecule has 20 heavy (non-hydrogen) atoms. The average molecular weight is 270 g/mol. The van der Waals surface area contributed by atoms with Crippen molar-refractivity contribution in [2.45, 2.75) is 19.0 Å². The van der Waals surface area contributed by atoms with Gasteiger partial charge in [-0.05, 0) is 12.0 Å². The van der Waals surface area contributed by atoms with Gasteiger partial charge in [-0.25, -0.2) is 4.98 Å². The van der Waals surface area contributed by atoms with Crippen molar-refractivity contribution in [3.63, 3.8) is 0 Å². The Labute approximate surface area is 117 Å². The van der Waals surface area contributed by atoms with E-state index in [2.05, 4.69) is 4.98 Å². The molecule has 1 fully saturated rings. The minimum absolute atomic E-state index is 0.0505. The fourth-order valence-corrected chi connectivity index (χ4v) is 2.54. The molecule has 1 atom stereocenters. The van der Waals surface area contributed by atoms with Crippen LogP contribution in [0.2, 0.25) is 0 Å². The number of benzene rings is 1. The van der Waals surface area contributed by atoms with E-state index in [4.69, 9.17) is 5.73 Å². The molecule has 5 heteroatoms. The Hall–Kier alpha value is -2.14. The standard InChI is InChI=1S/C15H18N4O/c16-13-6-8-18(11-13)14-15(20)19(9-7-17-14)10-12-4-2-1-3-5-12/h1-5,7,9,13H,6,8,10-11,16H2. The van der Waals surface area contributed by atoms with E-state index in [0.29, 0.717) is 18.9 Å². The van der Waals surface area contributed by atoms with Crippen molar-refractivity contribution < 1.29 is 0 Å². The normalized spacial score (nSPS) is 18.4. The third-order valence-electron chi connectivity index (χ3n) is 3.62. The van der Waals surface area contributed by atoms with Gasteiger partial charge in [-0.3, -0.25) is 4.79 Å². The maximum Gasteiger partial charge on any atom is 0.293 e. The lowest BCUT2D eigenvalue weighted by atomic mass is 10.2. The first kappa shape index (κ1) is 12.9. The Morgan fingerprint density at radius 1 is 1.30 bits per heavy atom. The van der Waals surface area contributed by atoms with E-state index >= 15 is 0 Å². The second-order valence-corrected chi connectivity index (χ2v) is 5.16. The molecule has 0 radical (unpaired) electrons. The van der Waals surface area contributed by atoms with Crippen LogP contribution in [0, 0.1) is 0 Å². The smallest absolute Gasteiger partial charge is 0.293 e. The number of nitrogens with two attached hydrogens (primary N) is 1. The van der Waals surface area contributed by atoms with Crippen LogP contribution in [0.25, 0.3) is 0 Å². The molecule has 1 aromatic carbocycles. The minimum atomic E-state index is -0.0505. The predicted octanol–water partition coefficient (Wildman–Crippen LogP) is 0.829. The lowest BCUT2D eigenvalue weighted by molar-refractivity contribution is 0.730. The average Bonchev–Trinajstić information content (AvgIpc) is 2.89. The highest BCUT2D eigenvalue weighted by molar-refractivity contribution is 5.37. The van der Waals surface area contributed by atoms with E-state index in [1.165, 1.54) is 0 Å². The Morgan fingerprint density at radius 3 is 2.80 bits per heavy atom. The van der Waals surface area contributed by atoms with E-state index in [0.717, 1.165) is 18.5 Å². The van der Waals surface area contributed by atoms with Gasteiger partial charge in [-0.1, -0.05) is 30.3 Å². The zero-order valence-electron chi connectivity index (χ0n) is 11.3. The lowest BCUT2D eigenvalue weighted by Crippen LogP contribution is -2.33. The molecule has 0 bridgehead atoms. The number of hydrogen-bond donors (Lipinski definition) is 1. The first-order chi connectivity index (χ1) is 9.74. The van der Waals surface area contributed by atoms with Crippen molar-refractivity contribution in [1.29, 1.82) is 0 Å². The van der Waals surface area contributed by atoms with Gasteiger partial charge < -0.3 is 15.2 Å². The molecule has 1 aromatic heterocycles. The molecule has 104 valence electrons. The Balaban J connectivity index is 1.88. The topological polar surface area (TPSA) is 64.2 Å². The third kappa shape index (κ3) is 2.58. The molecule has 1 aliphatic heterocycles. The summed E-state index contributed by atoms with van der Waals surface area (Å²) in [6, 6.07) is 10.1. The summed E-state index contributed by atoms with van der Waals surface area (Å²) in [6.45, 7) is 2.07. The summed E-state index contributed by atoms with van der Waals surface area (Å²) in [5.74, 6) is 0.511. The van der Waals surface area contributed by atoms with Crippen molar-refractivity contribution in [3.8, 4) is 0 Å². The van der Waals surface area contributed by atoms with Gasteiger partial charge in [0.15, 0.2) is 5.82 Å². The molecule has 2 aromatic rings. The van der Waals surface area contributed by atoms with Gasteiger partial charge in [0.1, 0.15) is 0 Å². The molecule has 1 saturated heterocycles. The summed E-state index contributed by atoms with van der Waals surface area (Å²) in [4.78, 5) is 18.7. The van der Waals surface area contributed by atoms with Gasteiger partial charge in [-0.2, -0.15) is 0 Å². The van der Waals surface area contributed by atoms with E-state index < -0.39 is 0 Å². The summed E-state index contributed by atoms with van der Waals surface area (Å²) in [5.41, 5.74) is 6.95. The summed E-state index contributed by atoms with van der Waals surface area (Å²) in [5, 5.41) is 0. The molecule has 5 nitrogen and oxygen atoms in total. The second-order valence-electron chi connectivity index (χ2n) is 5.16. The second kappa shape index (κ2) is 5.46. The quantitative estimate of drug-likeness (QED) is 0.897. The first-order valence-electron chi connectivity index (χ1n) is 6.84. The monoisotopic (exact) mass is 270 g/mol. The Kier molecular flexibility index (Phi) is 3.52. The van der Waals surface area contributed by atoms with Crippen LogP contribution >= 0.6 is 0 Å². The largest absolute Gasteiger partial charge is 0.350 e. The van der Waals surface area contributed by atoms with Gasteiger partial charge in [0, 0.05) is 31.5 Å². The van der Waals surface area contributed by atoms with Crippen molar-refractivity contribution in [1.82, 2.24) is 9.55 Å². The van der Waals surface area contributed by atoms with Crippen molar-refractivity contribution in [2.24, 2.45) is 5.73 Å². The maximum absolute atomic E-state index is 12.5. The Bertz CT molecular complexity index is 638. The molecule has 1 unspecified atom stereocenters. The highest BCUT2D eigenvalue weighted by Gasteiger charge is 2.22. The van der Waals surface area contributed by atoms with Crippen LogP contribution in [0.1, 0.15) is 12.0 Å². The van der Waals surface area contributed by atoms with E-state index in [9.17, 15) is 4.79 Å². The van der Waals surface area contributed by atoms with Gasteiger partial charge in [0.05, 0.1) is 6.54 Å². The fourth-order valence-electron chi connectivity index (χ4n) is 2.54. The predicted molar refractivity (Wildman–Crippen MR) is 78.8 cm³/mol. The van der Waals surface area contributed by atoms with E-state index in [-0.39, 0.29) is 11.6 Å². The highest BCUT2D eigenvalue weighted by Crippen LogP contribution is 2.13. The minimum Gasteiger partial charge on any atom is -0.350 e. The van der Waals surface area contributed by atoms with Gasteiger partial charge >= 0.3 is 0 Å². The summed E-state index contributed by atoms with van der Waals surface area (Å²) < 4.78 is 1.70. The van der Waals surface area contributed by atoms with Crippen LogP contribution in [0.15, 0.2) is 47.5 Å². The van der Waals surface area contributed by atoms with Crippen LogP contribution < -0.4 is 16.2 Å². The zero-order valence-corrected chi connectivity index (χ0v) is 11.3.